The van der Waals surface area contributed by atoms with Gasteiger partial charge in [0.25, 0.3) is 5.91 Å². The van der Waals surface area contributed by atoms with Gasteiger partial charge in [-0.15, -0.1) is 0 Å². The molecule has 0 unspecified atom stereocenters. The molecule has 1 aromatic carbocycles. The van der Waals surface area contributed by atoms with Gasteiger partial charge in [-0.2, -0.15) is 0 Å². The molecule has 0 saturated carbocycles. The molecule has 1 aliphatic rings. The average molecular weight is 335 g/mol. The second kappa shape index (κ2) is 8.54. The Labute approximate surface area is 143 Å². The van der Waals surface area contributed by atoms with Crippen LogP contribution in [0.2, 0.25) is 0 Å². The summed E-state index contributed by atoms with van der Waals surface area (Å²) in [4.78, 5) is 28.6. The number of carbonyl (C=O) groups is 2. The Morgan fingerprint density at radius 3 is 2.67 bits per heavy atom. The number of nitrogens with zero attached hydrogens (tertiary/aromatic N) is 2. The summed E-state index contributed by atoms with van der Waals surface area (Å²) in [5.41, 5.74) is 1.15. The maximum Gasteiger partial charge on any atom is 0.277 e. The summed E-state index contributed by atoms with van der Waals surface area (Å²) in [5.74, 6) is 0.709. The summed E-state index contributed by atoms with van der Waals surface area (Å²) in [7, 11) is 4.91. The fourth-order valence-corrected chi connectivity index (χ4v) is 2.80. The van der Waals surface area contributed by atoms with E-state index >= 15 is 0 Å². The van der Waals surface area contributed by atoms with Gasteiger partial charge in [0, 0.05) is 25.8 Å². The topological polar surface area (TPSA) is 66.3 Å². The maximum absolute atomic E-state index is 12.2. The van der Waals surface area contributed by atoms with Crippen molar-refractivity contribution in [3.05, 3.63) is 24.3 Å². The number of nitrogens with one attached hydrogen (secondary N) is 2. The SMILES string of the molecule is CNC(=O)CN(C)C(=O)C[NH+]1CCN(c2cccc(OC)c2)CC1. The summed E-state index contributed by atoms with van der Waals surface area (Å²) in [6, 6.07) is 8.04. The molecule has 2 rings (SSSR count). The third kappa shape index (κ3) is 4.86. The lowest BCUT2D eigenvalue weighted by Gasteiger charge is -2.34. The van der Waals surface area contributed by atoms with Gasteiger partial charge in [-0.3, -0.25) is 9.59 Å². The smallest absolute Gasteiger partial charge is 0.277 e. The Kier molecular flexibility index (Phi) is 6.43. The van der Waals surface area contributed by atoms with Gasteiger partial charge < -0.3 is 24.8 Å². The van der Waals surface area contributed by atoms with Crippen molar-refractivity contribution in [3.63, 3.8) is 0 Å². The normalized spacial score (nSPS) is 15.0. The van der Waals surface area contributed by atoms with Crippen LogP contribution in [0, 0.1) is 0 Å². The molecule has 0 radical (unpaired) electrons. The van der Waals surface area contributed by atoms with E-state index in [1.807, 2.05) is 18.2 Å². The van der Waals surface area contributed by atoms with E-state index in [0.717, 1.165) is 37.6 Å². The van der Waals surface area contributed by atoms with Crippen LogP contribution in [0.25, 0.3) is 0 Å². The molecule has 0 aliphatic carbocycles. The zero-order valence-electron chi connectivity index (χ0n) is 14.7. The number of quaternary nitrogens is 1. The molecule has 7 heteroatoms. The lowest BCUT2D eigenvalue weighted by atomic mass is 10.2. The first-order valence-electron chi connectivity index (χ1n) is 8.20. The molecule has 2 N–H and O–H groups in total. The van der Waals surface area contributed by atoms with Crippen molar-refractivity contribution in [2.75, 3.05) is 65.4 Å². The first-order valence-corrected chi connectivity index (χ1v) is 8.20. The molecule has 7 nitrogen and oxygen atoms in total. The van der Waals surface area contributed by atoms with Gasteiger partial charge in [-0.05, 0) is 12.1 Å². The fourth-order valence-electron chi connectivity index (χ4n) is 2.80. The third-order valence-electron chi connectivity index (χ3n) is 4.38. The first kappa shape index (κ1) is 18.1. The number of carbonyl (C=O) groups excluding carboxylic acids is 2. The summed E-state index contributed by atoms with van der Waals surface area (Å²) in [6.07, 6.45) is 0. The Morgan fingerprint density at radius 1 is 1.33 bits per heavy atom. The number of methoxy groups -OCH3 is 1. The highest BCUT2D eigenvalue weighted by atomic mass is 16.5. The van der Waals surface area contributed by atoms with Gasteiger partial charge in [0.05, 0.1) is 39.8 Å². The van der Waals surface area contributed by atoms with Gasteiger partial charge in [0.15, 0.2) is 6.54 Å². The molecule has 24 heavy (non-hydrogen) atoms. The van der Waals surface area contributed by atoms with Crippen molar-refractivity contribution < 1.29 is 19.2 Å². The number of benzene rings is 1. The second-order valence-electron chi connectivity index (χ2n) is 6.04. The number of hydrogen-bond donors (Lipinski definition) is 2. The zero-order valence-corrected chi connectivity index (χ0v) is 14.7. The monoisotopic (exact) mass is 335 g/mol. The van der Waals surface area contributed by atoms with Gasteiger partial charge in [0.1, 0.15) is 5.75 Å². The van der Waals surface area contributed by atoms with E-state index in [1.54, 1.807) is 21.2 Å². The Morgan fingerprint density at radius 2 is 2.04 bits per heavy atom. The van der Waals surface area contributed by atoms with Gasteiger partial charge in [-0.25, -0.2) is 0 Å². The number of piperazine rings is 1. The zero-order chi connectivity index (χ0) is 17.5. The lowest BCUT2D eigenvalue weighted by Crippen LogP contribution is -3.15. The second-order valence-corrected chi connectivity index (χ2v) is 6.04. The van der Waals surface area contributed by atoms with Crippen molar-refractivity contribution >= 4 is 17.5 Å². The van der Waals surface area contributed by atoms with E-state index in [1.165, 1.54) is 9.80 Å². The summed E-state index contributed by atoms with van der Waals surface area (Å²) < 4.78 is 5.27. The molecule has 2 amide bonds. The molecule has 0 spiro atoms. The minimum absolute atomic E-state index is 0.00318. The van der Waals surface area contributed by atoms with Crippen LogP contribution in [0.15, 0.2) is 24.3 Å². The fraction of sp³-hybridized carbons (Fsp3) is 0.529. The highest BCUT2D eigenvalue weighted by molar-refractivity contribution is 5.84. The Bertz CT molecular complexity index is 571. The molecule has 1 heterocycles. The van der Waals surface area contributed by atoms with E-state index in [9.17, 15) is 9.59 Å². The van der Waals surface area contributed by atoms with Crippen molar-refractivity contribution in [1.29, 1.82) is 0 Å². The van der Waals surface area contributed by atoms with Crippen LogP contribution in [0.5, 0.6) is 5.75 Å². The minimum atomic E-state index is -0.149. The molecule has 1 fully saturated rings. The molecule has 0 atom stereocenters. The van der Waals surface area contributed by atoms with Crippen LogP contribution < -0.4 is 19.9 Å². The maximum atomic E-state index is 12.2. The molecule has 1 aliphatic heterocycles. The predicted molar refractivity (Wildman–Crippen MR) is 92.5 cm³/mol. The number of hydrogen-bond acceptors (Lipinski definition) is 4. The number of anilines is 1. The highest BCUT2D eigenvalue weighted by Gasteiger charge is 2.24. The van der Waals surface area contributed by atoms with Gasteiger partial charge in [-0.1, -0.05) is 6.07 Å². The van der Waals surface area contributed by atoms with Crippen LogP contribution >= 0.6 is 0 Å². The molecular weight excluding hydrogens is 308 g/mol. The van der Waals surface area contributed by atoms with Crippen molar-refractivity contribution in [3.8, 4) is 5.75 Å². The molecule has 1 saturated heterocycles. The summed E-state index contributed by atoms with van der Waals surface area (Å²) in [5, 5.41) is 2.53. The number of rotatable bonds is 6. The summed E-state index contributed by atoms with van der Waals surface area (Å²) in [6.45, 7) is 4.13. The van der Waals surface area contributed by atoms with Crippen molar-refractivity contribution in [1.82, 2.24) is 10.2 Å². The van der Waals surface area contributed by atoms with E-state index in [2.05, 4.69) is 16.3 Å². The minimum Gasteiger partial charge on any atom is -0.497 e. The van der Waals surface area contributed by atoms with Crippen molar-refractivity contribution in [2.24, 2.45) is 0 Å². The average Bonchev–Trinajstić information content (AvgIpc) is 2.62. The van der Waals surface area contributed by atoms with Crippen LogP contribution in [0.4, 0.5) is 5.69 Å². The van der Waals surface area contributed by atoms with E-state index < -0.39 is 0 Å². The molecule has 0 aromatic heterocycles. The lowest BCUT2D eigenvalue weighted by molar-refractivity contribution is -0.892. The van der Waals surface area contributed by atoms with Crippen LogP contribution in [0.3, 0.4) is 0 Å². The third-order valence-corrected chi connectivity index (χ3v) is 4.38. The molecule has 1 aromatic rings. The summed E-state index contributed by atoms with van der Waals surface area (Å²) >= 11 is 0. The number of likely N-dealkylation sites (N-methyl/N-ethyl adjacent to an activating group) is 2. The van der Waals surface area contributed by atoms with Gasteiger partial charge >= 0.3 is 0 Å². The Hall–Kier alpha value is -2.28. The number of amides is 2. The van der Waals surface area contributed by atoms with Crippen LogP contribution in [-0.4, -0.2) is 77.2 Å². The molecule has 132 valence electrons. The van der Waals surface area contributed by atoms with E-state index in [4.69, 9.17) is 4.74 Å². The van der Waals surface area contributed by atoms with Crippen molar-refractivity contribution in [2.45, 2.75) is 0 Å². The Balaban J connectivity index is 1.82. The highest BCUT2D eigenvalue weighted by Crippen LogP contribution is 2.20. The first-order chi connectivity index (χ1) is 11.5. The van der Waals surface area contributed by atoms with Crippen LogP contribution in [0.1, 0.15) is 0 Å². The van der Waals surface area contributed by atoms with E-state index in [-0.39, 0.29) is 18.4 Å². The van der Waals surface area contributed by atoms with E-state index in [0.29, 0.717) is 6.54 Å². The molecular formula is C17H27N4O3+. The van der Waals surface area contributed by atoms with Gasteiger partial charge in [0.2, 0.25) is 5.91 Å². The standard InChI is InChI=1S/C17H26N4O3/c1-18-16(22)12-19(2)17(23)13-20-7-9-21(10-8-20)14-5-4-6-15(11-14)24-3/h4-6,11H,7-10,12-13H2,1-3H3,(H,18,22)/p+1. The number of ether oxygens (including phenoxy) is 1. The quantitative estimate of drug-likeness (QED) is 0.671. The predicted octanol–water partition coefficient (Wildman–Crippen LogP) is -1.40. The van der Waals surface area contributed by atoms with Crippen LogP contribution in [-0.2, 0) is 9.59 Å². The molecule has 0 bridgehead atoms. The largest absolute Gasteiger partial charge is 0.497 e.